The van der Waals surface area contributed by atoms with Crippen molar-refractivity contribution >= 4 is 28.1 Å². The summed E-state index contributed by atoms with van der Waals surface area (Å²) in [6.07, 6.45) is 3.34. The van der Waals surface area contributed by atoms with E-state index in [4.69, 9.17) is 4.42 Å². The molecule has 0 aliphatic carbocycles. The molecular weight excluding hydrogens is 394 g/mol. The third-order valence-corrected chi connectivity index (χ3v) is 5.81. The summed E-state index contributed by atoms with van der Waals surface area (Å²) in [7, 11) is 0. The largest absolute Gasteiger partial charge is 0.461 e. The van der Waals surface area contributed by atoms with Crippen LogP contribution in [0.2, 0.25) is 0 Å². The van der Waals surface area contributed by atoms with Crippen LogP contribution in [0.5, 0.6) is 0 Å². The summed E-state index contributed by atoms with van der Waals surface area (Å²) in [5, 5.41) is 11.2. The number of benzene rings is 1. The van der Waals surface area contributed by atoms with Crippen molar-refractivity contribution in [2.75, 3.05) is 0 Å². The van der Waals surface area contributed by atoms with Crippen LogP contribution in [0.15, 0.2) is 80.7 Å². The van der Waals surface area contributed by atoms with E-state index >= 15 is 0 Å². The Kier molecular flexibility index (Phi) is 4.30. The van der Waals surface area contributed by atoms with Crippen LogP contribution in [0, 0.1) is 0 Å². The Morgan fingerprint density at radius 1 is 1.11 bits per heavy atom. The van der Waals surface area contributed by atoms with Crippen LogP contribution in [0.3, 0.4) is 0 Å². The molecule has 28 heavy (non-hydrogen) atoms. The standard InChI is InChI=1S/C19H13N5O2S2/c25-16-11-13(20-18-23(16)8-10-27-18)12-28-19-22-21-17(15-7-4-9-26-15)24(19)14-5-2-1-3-6-14/h1-11H,12H2. The summed E-state index contributed by atoms with van der Waals surface area (Å²) in [5.41, 5.74) is 1.56. The van der Waals surface area contributed by atoms with Gasteiger partial charge in [-0.05, 0) is 24.3 Å². The Labute approximate surface area is 167 Å². The topological polar surface area (TPSA) is 78.2 Å². The Balaban J connectivity index is 1.52. The van der Waals surface area contributed by atoms with E-state index in [2.05, 4.69) is 15.2 Å². The normalized spacial score (nSPS) is 11.3. The summed E-state index contributed by atoms with van der Waals surface area (Å²) in [4.78, 5) is 17.4. The fraction of sp³-hybridized carbons (Fsp3) is 0.0526. The molecule has 0 unspecified atom stereocenters. The van der Waals surface area contributed by atoms with Gasteiger partial charge in [0.2, 0.25) is 5.82 Å². The van der Waals surface area contributed by atoms with Crippen LogP contribution >= 0.6 is 23.1 Å². The summed E-state index contributed by atoms with van der Waals surface area (Å²) < 4.78 is 9.01. The van der Waals surface area contributed by atoms with Gasteiger partial charge in [0.1, 0.15) is 0 Å². The highest BCUT2D eigenvalue weighted by Gasteiger charge is 2.18. The Morgan fingerprint density at radius 2 is 2.00 bits per heavy atom. The van der Waals surface area contributed by atoms with Gasteiger partial charge in [-0.3, -0.25) is 13.8 Å². The molecule has 0 spiro atoms. The molecule has 0 atom stereocenters. The van der Waals surface area contributed by atoms with Gasteiger partial charge in [0, 0.05) is 29.1 Å². The van der Waals surface area contributed by atoms with E-state index in [0.717, 1.165) is 5.69 Å². The smallest absolute Gasteiger partial charge is 0.258 e. The lowest BCUT2D eigenvalue weighted by Gasteiger charge is -2.09. The minimum atomic E-state index is -0.0809. The molecule has 0 saturated carbocycles. The molecule has 0 radical (unpaired) electrons. The second-order valence-corrected chi connectivity index (χ2v) is 7.70. The molecule has 0 amide bonds. The zero-order valence-electron chi connectivity index (χ0n) is 14.4. The van der Waals surface area contributed by atoms with Crippen LogP contribution in [-0.2, 0) is 5.75 Å². The van der Waals surface area contributed by atoms with E-state index < -0.39 is 0 Å². The number of furan rings is 1. The monoisotopic (exact) mass is 407 g/mol. The number of para-hydroxylation sites is 1. The van der Waals surface area contributed by atoms with Gasteiger partial charge in [-0.15, -0.1) is 21.5 Å². The maximum Gasteiger partial charge on any atom is 0.258 e. The quantitative estimate of drug-likeness (QED) is 0.411. The molecule has 0 saturated heterocycles. The van der Waals surface area contributed by atoms with Crippen molar-refractivity contribution in [1.82, 2.24) is 24.1 Å². The van der Waals surface area contributed by atoms with E-state index in [9.17, 15) is 4.79 Å². The number of fused-ring (bicyclic) bond motifs is 1. The van der Waals surface area contributed by atoms with E-state index in [-0.39, 0.29) is 5.56 Å². The third kappa shape index (κ3) is 3.04. The lowest BCUT2D eigenvalue weighted by Crippen LogP contribution is -2.12. The minimum Gasteiger partial charge on any atom is -0.461 e. The fourth-order valence-electron chi connectivity index (χ4n) is 2.84. The number of thiazole rings is 1. The molecule has 4 aromatic heterocycles. The van der Waals surface area contributed by atoms with Gasteiger partial charge in [0.25, 0.3) is 5.56 Å². The number of rotatable bonds is 5. The second kappa shape index (κ2) is 7.10. The van der Waals surface area contributed by atoms with Crippen molar-refractivity contribution in [3.63, 3.8) is 0 Å². The SMILES string of the molecule is O=c1cc(CSc2nnc(-c3ccco3)n2-c2ccccc2)nc2sccn12. The molecule has 5 rings (SSSR count). The highest BCUT2D eigenvalue weighted by atomic mass is 32.2. The Bertz CT molecular complexity index is 1290. The van der Waals surface area contributed by atoms with Gasteiger partial charge in [0.15, 0.2) is 15.9 Å². The summed E-state index contributed by atoms with van der Waals surface area (Å²) >= 11 is 2.91. The zero-order chi connectivity index (χ0) is 18.9. The summed E-state index contributed by atoms with van der Waals surface area (Å²) in [6, 6.07) is 15.1. The van der Waals surface area contributed by atoms with Crippen molar-refractivity contribution in [1.29, 1.82) is 0 Å². The molecular formula is C19H13N5O2S2. The Hall–Kier alpha value is -3.17. The average Bonchev–Trinajstić information content (AvgIpc) is 3.46. The highest BCUT2D eigenvalue weighted by molar-refractivity contribution is 7.98. The van der Waals surface area contributed by atoms with Crippen molar-refractivity contribution in [2.45, 2.75) is 10.9 Å². The Morgan fingerprint density at radius 3 is 2.82 bits per heavy atom. The minimum absolute atomic E-state index is 0.0809. The van der Waals surface area contributed by atoms with E-state index in [0.29, 0.717) is 33.1 Å². The molecule has 138 valence electrons. The number of hydrogen-bond donors (Lipinski definition) is 0. The second-order valence-electron chi connectivity index (χ2n) is 5.88. The van der Waals surface area contributed by atoms with Crippen LogP contribution in [0.1, 0.15) is 5.69 Å². The summed E-state index contributed by atoms with van der Waals surface area (Å²) in [6.45, 7) is 0. The van der Waals surface area contributed by atoms with Crippen LogP contribution in [0.25, 0.3) is 22.2 Å². The molecule has 0 aliphatic rings. The average molecular weight is 407 g/mol. The third-order valence-electron chi connectivity index (χ3n) is 4.09. The van der Waals surface area contributed by atoms with Crippen molar-refractivity contribution in [2.24, 2.45) is 0 Å². The first-order valence-corrected chi connectivity index (χ1v) is 10.3. The number of hydrogen-bond acceptors (Lipinski definition) is 7. The molecule has 0 bridgehead atoms. The van der Waals surface area contributed by atoms with Gasteiger partial charge < -0.3 is 4.42 Å². The summed E-state index contributed by atoms with van der Waals surface area (Å²) in [5.74, 6) is 1.77. The molecule has 7 nitrogen and oxygen atoms in total. The maximum absolute atomic E-state index is 12.2. The van der Waals surface area contributed by atoms with Gasteiger partial charge in [-0.2, -0.15) is 0 Å². The molecule has 0 fully saturated rings. The van der Waals surface area contributed by atoms with Crippen molar-refractivity contribution in [3.8, 4) is 17.3 Å². The number of thioether (sulfide) groups is 1. The van der Waals surface area contributed by atoms with Crippen LogP contribution < -0.4 is 5.56 Å². The lowest BCUT2D eigenvalue weighted by molar-refractivity contribution is 0.575. The molecule has 5 aromatic rings. The molecule has 1 aromatic carbocycles. The molecule has 4 heterocycles. The first-order valence-electron chi connectivity index (χ1n) is 8.43. The predicted octanol–water partition coefficient (Wildman–Crippen LogP) is 3.89. The van der Waals surface area contributed by atoms with Gasteiger partial charge in [-0.1, -0.05) is 30.0 Å². The van der Waals surface area contributed by atoms with Crippen LogP contribution in [0.4, 0.5) is 0 Å². The van der Waals surface area contributed by atoms with Gasteiger partial charge in [-0.25, -0.2) is 4.98 Å². The van der Waals surface area contributed by atoms with E-state index in [1.165, 1.54) is 23.1 Å². The van der Waals surface area contributed by atoms with Gasteiger partial charge in [0.05, 0.1) is 12.0 Å². The number of aromatic nitrogens is 5. The van der Waals surface area contributed by atoms with Crippen molar-refractivity contribution in [3.05, 3.63) is 82.4 Å². The lowest BCUT2D eigenvalue weighted by atomic mass is 10.3. The molecule has 0 N–H and O–H groups in total. The van der Waals surface area contributed by atoms with E-state index in [1.54, 1.807) is 22.9 Å². The highest BCUT2D eigenvalue weighted by Crippen LogP contribution is 2.29. The molecule has 0 aliphatic heterocycles. The first kappa shape index (κ1) is 17.0. The molecule has 9 heteroatoms. The zero-order valence-corrected chi connectivity index (χ0v) is 16.1. The predicted molar refractivity (Wildman–Crippen MR) is 108 cm³/mol. The van der Waals surface area contributed by atoms with Crippen LogP contribution in [-0.4, -0.2) is 24.1 Å². The van der Waals surface area contributed by atoms with Gasteiger partial charge >= 0.3 is 0 Å². The van der Waals surface area contributed by atoms with Crippen molar-refractivity contribution < 1.29 is 4.42 Å². The maximum atomic E-state index is 12.2. The number of nitrogens with zero attached hydrogens (tertiary/aromatic N) is 5. The van der Waals surface area contributed by atoms with E-state index in [1.807, 2.05) is 52.4 Å². The fourth-order valence-corrected chi connectivity index (χ4v) is 4.42. The first-order chi connectivity index (χ1) is 13.8.